The lowest BCUT2D eigenvalue weighted by atomic mass is 10.1. The first-order valence-electron chi connectivity index (χ1n) is 8.92. The Hall–Kier alpha value is -1.66. The minimum absolute atomic E-state index is 0.0482. The number of nitrogens with zero attached hydrogens (tertiary/aromatic N) is 3. The Bertz CT molecular complexity index is 635. The Kier molecular flexibility index (Phi) is 5.68. The van der Waals surface area contributed by atoms with Crippen molar-refractivity contribution in [1.82, 2.24) is 20.0 Å². The molecule has 2 aromatic heterocycles. The van der Waals surface area contributed by atoms with Gasteiger partial charge in [0.05, 0.1) is 6.10 Å². The molecule has 1 aliphatic heterocycles. The van der Waals surface area contributed by atoms with Crippen molar-refractivity contribution in [3.63, 3.8) is 0 Å². The third-order valence-corrected chi connectivity index (χ3v) is 4.48. The van der Waals surface area contributed by atoms with Gasteiger partial charge in [-0.2, -0.15) is 4.98 Å². The number of nitrogens with one attached hydrogen (secondary N) is 1. The van der Waals surface area contributed by atoms with E-state index in [-0.39, 0.29) is 12.2 Å². The van der Waals surface area contributed by atoms with Crippen molar-refractivity contribution in [2.24, 2.45) is 5.92 Å². The molecule has 0 bridgehead atoms. The van der Waals surface area contributed by atoms with E-state index in [2.05, 4.69) is 52.2 Å². The second kappa shape index (κ2) is 7.94. The lowest BCUT2D eigenvalue weighted by Gasteiger charge is -2.14. The number of hydrogen-bond acceptors (Lipinski definition) is 5. The van der Waals surface area contributed by atoms with Gasteiger partial charge in [-0.3, -0.25) is 0 Å². The maximum absolute atomic E-state index is 6.02. The third kappa shape index (κ3) is 4.45. The highest BCUT2D eigenvalue weighted by Crippen LogP contribution is 2.31. The van der Waals surface area contributed by atoms with E-state index in [1.54, 1.807) is 0 Å². The molecule has 0 spiro atoms. The second-order valence-corrected chi connectivity index (χ2v) is 7.01. The quantitative estimate of drug-likeness (QED) is 0.804. The summed E-state index contributed by atoms with van der Waals surface area (Å²) in [4.78, 5) is 4.27. The molecule has 0 radical (unpaired) electrons. The molecule has 132 valence electrons. The van der Waals surface area contributed by atoms with Crippen molar-refractivity contribution in [3.05, 3.63) is 35.7 Å². The Morgan fingerprint density at radius 3 is 3.00 bits per heavy atom. The highest BCUT2D eigenvalue weighted by molar-refractivity contribution is 5.07. The van der Waals surface area contributed by atoms with E-state index in [4.69, 9.17) is 9.26 Å². The van der Waals surface area contributed by atoms with E-state index in [9.17, 15) is 0 Å². The molecule has 3 rings (SSSR count). The zero-order chi connectivity index (χ0) is 16.9. The molecule has 1 aliphatic rings. The molecule has 0 unspecified atom stereocenters. The lowest BCUT2D eigenvalue weighted by Crippen LogP contribution is -2.27. The molecule has 1 fully saturated rings. The summed E-state index contributed by atoms with van der Waals surface area (Å²) in [5.41, 5.74) is 1.33. The largest absolute Gasteiger partial charge is 0.364 e. The zero-order valence-corrected chi connectivity index (χ0v) is 14.9. The molecule has 0 amide bonds. The maximum Gasteiger partial charge on any atom is 0.255 e. The monoisotopic (exact) mass is 332 g/mol. The molecule has 1 N–H and O–H groups in total. The van der Waals surface area contributed by atoms with Gasteiger partial charge in [0, 0.05) is 31.5 Å². The Balaban J connectivity index is 1.42. The molecule has 6 heteroatoms. The first kappa shape index (κ1) is 17.2. The summed E-state index contributed by atoms with van der Waals surface area (Å²) >= 11 is 0. The second-order valence-electron chi connectivity index (χ2n) is 7.01. The molecular weight excluding hydrogens is 304 g/mol. The van der Waals surface area contributed by atoms with E-state index in [1.807, 2.05) is 6.92 Å². The molecule has 3 heterocycles. The highest BCUT2D eigenvalue weighted by Gasteiger charge is 2.30. The van der Waals surface area contributed by atoms with Crippen molar-refractivity contribution in [3.8, 4) is 0 Å². The van der Waals surface area contributed by atoms with Crippen molar-refractivity contribution >= 4 is 0 Å². The average Bonchev–Trinajstić information content (AvgIpc) is 3.26. The van der Waals surface area contributed by atoms with Crippen molar-refractivity contribution in [2.75, 3.05) is 6.54 Å². The van der Waals surface area contributed by atoms with E-state index in [0.717, 1.165) is 38.4 Å². The number of hydrogen-bond donors (Lipinski definition) is 1. The summed E-state index contributed by atoms with van der Waals surface area (Å²) in [5.74, 6) is 2.00. The molecule has 0 aliphatic carbocycles. The smallest absolute Gasteiger partial charge is 0.255 e. The zero-order valence-electron chi connectivity index (χ0n) is 14.9. The minimum atomic E-state index is -0.0482. The van der Waals surface area contributed by atoms with Gasteiger partial charge in [-0.25, -0.2) is 0 Å². The van der Waals surface area contributed by atoms with Gasteiger partial charge in [0.25, 0.3) is 5.89 Å². The van der Waals surface area contributed by atoms with Crippen molar-refractivity contribution in [1.29, 1.82) is 0 Å². The van der Waals surface area contributed by atoms with E-state index >= 15 is 0 Å². The predicted molar refractivity (Wildman–Crippen MR) is 91.5 cm³/mol. The lowest BCUT2D eigenvalue weighted by molar-refractivity contribution is 0.0263. The van der Waals surface area contributed by atoms with Gasteiger partial charge in [0.1, 0.15) is 6.10 Å². The Morgan fingerprint density at radius 1 is 1.38 bits per heavy atom. The third-order valence-electron chi connectivity index (χ3n) is 4.48. The van der Waals surface area contributed by atoms with Crippen LogP contribution in [0.15, 0.2) is 22.9 Å². The number of aromatic nitrogens is 3. The number of ether oxygens (including phenoxy) is 1. The van der Waals surface area contributed by atoms with Crippen LogP contribution >= 0.6 is 0 Å². The van der Waals surface area contributed by atoms with Crippen LogP contribution in [0.2, 0.25) is 0 Å². The summed E-state index contributed by atoms with van der Waals surface area (Å²) < 4.78 is 13.6. The molecular formula is C18H28N4O2. The van der Waals surface area contributed by atoms with Gasteiger partial charge >= 0.3 is 0 Å². The number of rotatable bonds is 8. The van der Waals surface area contributed by atoms with Crippen LogP contribution in [0, 0.1) is 12.8 Å². The van der Waals surface area contributed by atoms with E-state index < -0.39 is 0 Å². The molecule has 2 aromatic rings. The first-order valence-corrected chi connectivity index (χ1v) is 8.92. The summed E-state index contributed by atoms with van der Waals surface area (Å²) in [7, 11) is 0. The molecule has 0 aromatic carbocycles. The average molecular weight is 332 g/mol. The maximum atomic E-state index is 6.02. The van der Waals surface area contributed by atoms with Crippen LogP contribution in [0.1, 0.15) is 56.6 Å². The van der Waals surface area contributed by atoms with Crippen LogP contribution in [0.25, 0.3) is 0 Å². The Morgan fingerprint density at radius 2 is 2.25 bits per heavy atom. The SMILES string of the molecule is Cc1noc([C@@H]2CC[C@H](CNCc3cccn3CCC(C)C)O2)n1. The fraction of sp³-hybridized carbons (Fsp3) is 0.667. The first-order chi connectivity index (χ1) is 11.6. The molecule has 1 saturated heterocycles. The summed E-state index contributed by atoms with van der Waals surface area (Å²) in [5, 5.41) is 7.36. The van der Waals surface area contributed by atoms with Gasteiger partial charge in [-0.05, 0) is 44.2 Å². The van der Waals surface area contributed by atoms with E-state index in [1.165, 1.54) is 12.1 Å². The van der Waals surface area contributed by atoms with Crippen LogP contribution in [-0.2, 0) is 17.8 Å². The molecule has 6 nitrogen and oxygen atoms in total. The topological polar surface area (TPSA) is 65.1 Å². The fourth-order valence-electron chi connectivity index (χ4n) is 3.07. The van der Waals surface area contributed by atoms with Crippen molar-refractivity contribution in [2.45, 2.75) is 65.3 Å². The van der Waals surface area contributed by atoms with Gasteiger partial charge in [-0.15, -0.1) is 0 Å². The van der Waals surface area contributed by atoms with Gasteiger partial charge < -0.3 is 19.1 Å². The Labute approximate surface area is 143 Å². The predicted octanol–water partition coefficient (Wildman–Crippen LogP) is 3.24. The fourth-order valence-corrected chi connectivity index (χ4v) is 3.07. The van der Waals surface area contributed by atoms with Crippen LogP contribution in [-0.4, -0.2) is 27.4 Å². The van der Waals surface area contributed by atoms with Crippen LogP contribution < -0.4 is 5.32 Å². The number of aryl methyl sites for hydroxylation is 2. The van der Waals surface area contributed by atoms with Crippen LogP contribution in [0.3, 0.4) is 0 Å². The normalized spacial score (nSPS) is 21.0. The summed E-state index contributed by atoms with van der Waals surface area (Å²) in [6.07, 6.45) is 5.50. The van der Waals surface area contributed by atoms with Crippen LogP contribution in [0.4, 0.5) is 0 Å². The summed E-state index contributed by atoms with van der Waals surface area (Å²) in [6, 6.07) is 4.31. The van der Waals surface area contributed by atoms with Crippen molar-refractivity contribution < 1.29 is 9.26 Å². The molecule has 24 heavy (non-hydrogen) atoms. The summed E-state index contributed by atoms with van der Waals surface area (Å²) in [6.45, 7) is 9.16. The molecule has 2 atom stereocenters. The minimum Gasteiger partial charge on any atom is -0.364 e. The molecule has 0 saturated carbocycles. The standard InChI is InChI=1S/C18H28N4O2/c1-13(2)8-10-22-9-4-5-15(22)11-19-12-16-6-7-17(23-16)18-20-14(3)21-24-18/h4-5,9,13,16-17,19H,6-8,10-12H2,1-3H3/t16-,17+/m1/s1. The van der Waals surface area contributed by atoms with Crippen LogP contribution in [0.5, 0.6) is 0 Å². The van der Waals surface area contributed by atoms with Gasteiger partial charge in [0.2, 0.25) is 0 Å². The van der Waals surface area contributed by atoms with Gasteiger partial charge in [-0.1, -0.05) is 19.0 Å². The van der Waals surface area contributed by atoms with E-state index in [0.29, 0.717) is 11.7 Å². The highest BCUT2D eigenvalue weighted by atomic mass is 16.5. The van der Waals surface area contributed by atoms with Gasteiger partial charge in [0.15, 0.2) is 5.82 Å².